The van der Waals surface area contributed by atoms with Crippen LogP contribution in [-0.2, 0) is 0 Å². The van der Waals surface area contributed by atoms with Crippen molar-refractivity contribution in [2.45, 2.75) is 19.8 Å². The Balaban J connectivity index is 2.22. The van der Waals surface area contributed by atoms with E-state index in [2.05, 4.69) is 15.9 Å². The van der Waals surface area contributed by atoms with Crippen LogP contribution in [0, 0.1) is 12.8 Å². The number of hydrogen-bond donors (Lipinski definition) is 1. The summed E-state index contributed by atoms with van der Waals surface area (Å²) in [7, 11) is 1.58. The SMILES string of the molecule is COc1c(C(=O)N2CCCC(CO)C2)sc(C)c1Br. The number of aliphatic hydroxyl groups excluding tert-OH is 1. The molecule has 1 aromatic heterocycles. The maximum Gasteiger partial charge on any atom is 0.267 e. The first-order chi connectivity index (χ1) is 9.08. The number of rotatable bonds is 3. The van der Waals surface area contributed by atoms with Gasteiger partial charge in [-0.2, -0.15) is 0 Å². The summed E-state index contributed by atoms with van der Waals surface area (Å²) in [5.74, 6) is 0.834. The van der Waals surface area contributed by atoms with Gasteiger partial charge >= 0.3 is 0 Å². The molecule has 0 spiro atoms. The van der Waals surface area contributed by atoms with Crippen LogP contribution in [0.3, 0.4) is 0 Å². The highest BCUT2D eigenvalue weighted by Crippen LogP contribution is 2.40. The molecule has 4 nitrogen and oxygen atoms in total. The summed E-state index contributed by atoms with van der Waals surface area (Å²) in [6.45, 7) is 3.50. The number of aryl methyl sites for hydroxylation is 1. The van der Waals surface area contributed by atoms with Gasteiger partial charge in [0.1, 0.15) is 4.88 Å². The third kappa shape index (κ3) is 2.95. The molecule has 1 amide bonds. The van der Waals surface area contributed by atoms with Crippen LogP contribution in [0.2, 0.25) is 0 Å². The molecule has 1 saturated heterocycles. The number of piperidine rings is 1. The van der Waals surface area contributed by atoms with Gasteiger partial charge < -0.3 is 14.7 Å². The Morgan fingerprint density at radius 1 is 1.63 bits per heavy atom. The molecule has 1 aromatic rings. The Labute approximate surface area is 125 Å². The van der Waals surface area contributed by atoms with Crippen LogP contribution in [0.1, 0.15) is 27.4 Å². The Kier molecular flexibility index (Phi) is 4.86. The van der Waals surface area contributed by atoms with Crippen LogP contribution in [-0.4, -0.2) is 42.7 Å². The number of halogens is 1. The minimum absolute atomic E-state index is 0.00815. The molecule has 0 aliphatic carbocycles. The van der Waals surface area contributed by atoms with Crippen molar-refractivity contribution in [3.05, 3.63) is 14.2 Å². The van der Waals surface area contributed by atoms with Crippen molar-refractivity contribution in [2.24, 2.45) is 5.92 Å². The Bertz CT molecular complexity index is 475. The number of amides is 1. The average molecular weight is 348 g/mol. The lowest BCUT2D eigenvalue weighted by Gasteiger charge is -2.31. The summed E-state index contributed by atoms with van der Waals surface area (Å²) in [4.78, 5) is 16.1. The van der Waals surface area contributed by atoms with Crippen molar-refractivity contribution in [3.8, 4) is 5.75 Å². The molecule has 1 atom stereocenters. The number of nitrogens with zero attached hydrogens (tertiary/aromatic N) is 1. The highest BCUT2D eigenvalue weighted by molar-refractivity contribution is 9.10. The molecule has 2 heterocycles. The fourth-order valence-electron chi connectivity index (χ4n) is 2.37. The molecule has 1 aliphatic rings. The Morgan fingerprint density at radius 2 is 2.37 bits per heavy atom. The second-order valence-electron chi connectivity index (χ2n) is 4.78. The molecule has 19 heavy (non-hydrogen) atoms. The van der Waals surface area contributed by atoms with E-state index in [9.17, 15) is 9.90 Å². The minimum Gasteiger partial charge on any atom is -0.494 e. The zero-order valence-electron chi connectivity index (χ0n) is 11.1. The number of likely N-dealkylation sites (tertiary alicyclic amines) is 1. The van der Waals surface area contributed by atoms with Gasteiger partial charge in [-0.15, -0.1) is 11.3 Å². The van der Waals surface area contributed by atoms with E-state index >= 15 is 0 Å². The van der Waals surface area contributed by atoms with Crippen LogP contribution < -0.4 is 4.74 Å². The van der Waals surface area contributed by atoms with Crippen LogP contribution in [0.4, 0.5) is 0 Å². The molecule has 0 bridgehead atoms. The Hall–Kier alpha value is -0.590. The van der Waals surface area contributed by atoms with Crippen molar-refractivity contribution in [1.82, 2.24) is 4.90 Å². The number of ether oxygens (including phenoxy) is 1. The second kappa shape index (κ2) is 6.24. The molecule has 0 saturated carbocycles. The standard InChI is InChI=1S/C13H18BrNO3S/c1-8-10(14)11(18-2)12(19-8)13(17)15-5-3-4-9(6-15)7-16/h9,16H,3-7H2,1-2H3. The van der Waals surface area contributed by atoms with E-state index in [0.29, 0.717) is 17.2 Å². The molecule has 1 N–H and O–H groups in total. The van der Waals surface area contributed by atoms with E-state index in [-0.39, 0.29) is 18.4 Å². The largest absolute Gasteiger partial charge is 0.494 e. The fourth-order valence-corrected chi connectivity index (χ4v) is 4.09. The first-order valence-corrected chi connectivity index (χ1v) is 7.92. The molecular weight excluding hydrogens is 330 g/mol. The molecule has 0 radical (unpaired) electrons. The van der Waals surface area contributed by atoms with Crippen molar-refractivity contribution in [2.75, 3.05) is 26.8 Å². The van der Waals surface area contributed by atoms with Gasteiger partial charge in [-0.1, -0.05) is 0 Å². The van der Waals surface area contributed by atoms with Gasteiger partial charge in [0.2, 0.25) is 0 Å². The van der Waals surface area contributed by atoms with Gasteiger partial charge in [0.25, 0.3) is 5.91 Å². The summed E-state index contributed by atoms with van der Waals surface area (Å²) in [6, 6.07) is 0. The topological polar surface area (TPSA) is 49.8 Å². The molecule has 0 aromatic carbocycles. The monoisotopic (exact) mass is 347 g/mol. The smallest absolute Gasteiger partial charge is 0.267 e. The highest BCUT2D eigenvalue weighted by atomic mass is 79.9. The molecule has 106 valence electrons. The molecule has 1 unspecified atom stereocenters. The zero-order valence-corrected chi connectivity index (χ0v) is 13.5. The van der Waals surface area contributed by atoms with Crippen LogP contribution in [0.5, 0.6) is 5.75 Å². The Morgan fingerprint density at radius 3 is 3.00 bits per heavy atom. The quantitative estimate of drug-likeness (QED) is 0.914. The molecule has 2 rings (SSSR count). The van der Waals surface area contributed by atoms with Gasteiger partial charge in [0.15, 0.2) is 5.75 Å². The lowest BCUT2D eigenvalue weighted by molar-refractivity contribution is 0.0622. The number of aliphatic hydroxyl groups is 1. The van der Waals surface area contributed by atoms with Crippen molar-refractivity contribution in [1.29, 1.82) is 0 Å². The average Bonchev–Trinajstić information content (AvgIpc) is 2.73. The van der Waals surface area contributed by atoms with E-state index in [0.717, 1.165) is 28.7 Å². The number of carbonyl (C=O) groups excluding carboxylic acids is 1. The lowest BCUT2D eigenvalue weighted by atomic mass is 9.99. The van der Waals surface area contributed by atoms with Gasteiger partial charge in [-0.25, -0.2) is 0 Å². The summed E-state index contributed by atoms with van der Waals surface area (Å²) in [6.07, 6.45) is 1.94. The highest BCUT2D eigenvalue weighted by Gasteiger charge is 2.28. The third-order valence-corrected chi connectivity index (χ3v) is 5.72. The second-order valence-corrected chi connectivity index (χ2v) is 6.79. The molecule has 6 heteroatoms. The van der Waals surface area contributed by atoms with Crippen molar-refractivity contribution >= 4 is 33.2 Å². The zero-order chi connectivity index (χ0) is 14.0. The predicted molar refractivity (Wildman–Crippen MR) is 79.0 cm³/mol. The number of carbonyl (C=O) groups is 1. The van der Waals surface area contributed by atoms with Gasteiger partial charge in [0, 0.05) is 24.6 Å². The maximum absolute atomic E-state index is 12.6. The number of methoxy groups -OCH3 is 1. The van der Waals surface area contributed by atoms with Crippen LogP contribution >= 0.6 is 27.3 Å². The van der Waals surface area contributed by atoms with Gasteiger partial charge in [-0.3, -0.25) is 4.79 Å². The summed E-state index contributed by atoms with van der Waals surface area (Å²) < 4.78 is 6.19. The van der Waals surface area contributed by atoms with Crippen molar-refractivity contribution < 1.29 is 14.6 Å². The first kappa shape index (κ1) is 14.8. The fraction of sp³-hybridized carbons (Fsp3) is 0.615. The van der Waals surface area contributed by atoms with E-state index in [1.165, 1.54) is 11.3 Å². The van der Waals surface area contributed by atoms with E-state index in [1.54, 1.807) is 7.11 Å². The summed E-state index contributed by atoms with van der Waals surface area (Å²) >= 11 is 4.90. The first-order valence-electron chi connectivity index (χ1n) is 6.31. The maximum atomic E-state index is 12.6. The van der Waals surface area contributed by atoms with Crippen molar-refractivity contribution in [3.63, 3.8) is 0 Å². The van der Waals surface area contributed by atoms with Gasteiger partial charge in [0.05, 0.1) is 11.6 Å². The van der Waals surface area contributed by atoms with Crippen LogP contribution in [0.25, 0.3) is 0 Å². The lowest BCUT2D eigenvalue weighted by Crippen LogP contribution is -2.40. The number of hydrogen-bond acceptors (Lipinski definition) is 4. The summed E-state index contributed by atoms with van der Waals surface area (Å²) in [5.41, 5.74) is 0. The minimum atomic E-state index is 0.00815. The number of thiophene rings is 1. The summed E-state index contributed by atoms with van der Waals surface area (Å²) in [5, 5.41) is 9.24. The van der Waals surface area contributed by atoms with Crippen LogP contribution in [0.15, 0.2) is 4.47 Å². The third-order valence-electron chi connectivity index (χ3n) is 3.43. The van der Waals surface area contributed by atoms with E-state index in [4.69, 9.17) is 4.74 Å². The molecular formula is C13H18BrNO3S. The normalized spacial score (nSPS) is 19.6. The van der Waals surface area contributed by atoms with E-state index < -0.39 is 0 Å². The van der Waals surface area contributed by atoms with Gasteiger partial charge in [-0.05, 0) is 41.6 Å². The van der Waals surface area contributed by atoms with E-state index in [1.807, 2.05) is 11.8 Å². The molecule has 1 aliphatic heterocycles. The predicted octanol–water partition coefficient (Wildman–Crippen LogP) is 2.67. The molecule has 1 fully saturated rings.